The molecule has 0 radical (unpaired) electrons. The number of aliphatic hydroxyl groups is 5. The predicted octanol–water partition coefficient (Wildman–Crippen LogP) is -1.57. The van der Waals surface area contributed by atoms with Crippen molar-refractivity contribution in [3.63, 3.8) is 0 Å². The van der Waals surface area contributed by atoms with Crippen LogP contribution in [-0.2, 0) is 33.3 Å². The Kier molecular flexibility index (Phi) is 10.7. The fraction of sp³-hybridized carbons (Fsp3) is 0.452. The van der Waals surface area contributed by atoms with Crippen LogP contribution >= 0.6 is 0 Å². The minimum atomic E-state index is -2.05. The minimum Gasteiger partial charge on any atom is -0.508 e. The molecule has 0 amide bonds. The van der Waals surface area contributed by atoms with Crippen LogP contribution < -0.4 is 10.2 Å². The second kappa shape index (κ2) is 14.6. The maximum absolute atomic E-state index is 13.7. The van der Waals surface area contributed by atoms with E-state index in [-0.39, 0.29) is 11.1 Å². The fourth-order valence-electron chi connectivity index (χ4n) is 5.38. The predicted molar refractivity (Wildman–Crippen MR) is 161 cm³/mol. The maximum Gasteiger partial charge on any atom is 0.303 e. The van der Waals surface area contributed by atoms with Crippen LogP contribution in [-0.4, -0.2) is 133 Å². The highest BCUT2D eigenvalue weighted by Crippen LogP contribution is 2.39. The molecule has 0 saturated carbocycles. The van der Waals surface area contributed by atoms with Gasteiger partial charge < -0.3 is 78.8 Å². The summed E-state index contributed by atoms with van der Waals surface area (Å²) in [7, 11) is 0. The molecule has 0 spiro atoms. The first-order valence-electron chi connectivity index (χ1n) is 14.9. The number of carbonyl (C=O) groups is 2. The smallest absolute Gasteiger partial charge is 0.303 e. The standard InChI is InChI=1S/C31H34O19/c1-10(32)44-8-18-22(39)25(42)29(46-11(2)33)31(49-18)45-9-19-21(38)24(41)26(43)30(48-19)50-28-23(40)20-16(37)6-13(34)7-17(20)47-27(28)12-3-4-14(35)15(36)5-12/h3-7,18-19,21-22,24-26,29-31,34-39,41-43H,8-9H2,1-2H3. The molecule has 1 aromatic heterocycles. The lowest BCUT2D eigenvalue weighted by molar-refractivity contribution is -0.324. The summed E-state index contributed by atoms with van der Waals surface area (Å²) in [5, 5.41) is 93.2. The minimum absolute atomic E-state index is 0.0714. The van der Waals surface area contributed by atoms with Gasteiger partial charge in [0.2, 0.25) is 17.5 Å². The van der Waals surface area contributed by atoms with Crippen LogP contribution in [0.25, 0.3) is 22.3 Å². The molecule has 0 bridgehead atoms. The van der Waals surface area contributed by atoms with Crippen LogP contribution in [0.4, 0.5) is 0 Å². The number of hydrogen-bond acceptors (Lipinski definition) is 19. The highest BCUT2D eigenvalue weighted by atomic mass is 16.7. The molecule has 2 saturated heterocycles. The van der Waals surface area contributed by atoms with Gasteiger partial charge in [-0.3, -0.25) is 14.4 Å². The number of rotatable bonds is 9. The van der Waals surface area contributed by atoms with Gasteiger partial charge >= 0.3 is 11.9 Å². The van der Waals surface area contributed by atoms with Crippen molar-refractivity contribution >= 4 is 22.9 Å². The number of ether oxygens (including phenoxy) is 6. The molecule has 2 aliphatic rings. The van der Waals surface area contributed by atoms with Crippen LogP contribution in [0.5, 0.6) is 28.7 Å². The SMILES string of the molecule is CC(=O)OCC1OC(OCC2OC(Oc3c(-c4ccc(O)c(O)c4)oc4cc(O)cc(O)c4c3=O)C(O)C(O)C2O)C(OC(C)=O)C(O)C1O. The van der Waals surface area contributed by atoms with Gasteiger partial charge in [-0.25, -0.2) is 0 Å². The molecule has 5 rings (SSSR count). The summed E-state index contributed by atoms with van der Waals surface area (Å²) in [5.74, 6) is -5.18. The summed E-state index contributed by atoms with van der Waals surface area (Å²) < 4.78 is 38.3. The molecular weight excluding hydrogens is 676 g/mol. The second-order valence-electron chi connectivity index (χ2n) is 11.5. The van der Waals surface area contributed by atoms with E-state index in [1.165, 1.54) is 6.07 Å². The molecule has 19 heteroatoms. The average molecular weight is 711 g/mol. The molecule has 2 aromatic carbocycles. The van der Waals surface area contributed by atoms with Gasteiger partial charge in [-0.15, -0.1) is 0 Å². The Balaban J connectivity index is 1.45. The third-order valence-electron chi connectivity index (χ3n) is 7.88. The van der Waals surface area contributed by atoms with Crippen molar-refractivity contribution in [2.24, 2.45) is 0 Å². The maximum atomic E-state index is 13.7. The first kappa shape index (κ1) is 36.5. The molecule has 2 aliphatic heterocycles. The summed E-state index contributed by atoms with van der Waals surface area (Å²) in [5.41, 5.74) is -1.47. The summed E-state index contributed by atoms with van der Waals surface area (Å²) in [6.07, 6.45) is -17.7. The van der Waals surface area contributed by atoms with Gasteiger partial charge in [-0.1, -0.05) is 0 Å². The van der Waals surface area contributed by atoms with E-state index in [1.54, 1.807) is 0 Å². The van der Waals surface area contributed by atoms with E-state index in [0.29, 0.717) is 0 Å². The van der Waals surface area contributed by atoms with Crippen molar-refractivity contribution in [2.75, 3.05) is 13.2 Å². The quantitative estimate of drug-likeness (QED) is 0.0894. The molecule has 2 fully saturated rings. The van der Waals surface area contributed by atoms with Crippen molar-refractivity contribution in [3.8, 4) is 40.1 Å². The highest BCUT2D eigenvalue weighted by molar-refractivity contribution is 5.88. The van der Waals surface area contributed by atoms with Crippen molar-refractivity contribution in [1.29, 1.82) is 0 Å². The number of hydrogen-bond donors (Lipinski definition) is 9. The van der Waals surface area contributed by atoms with Gasteiger partial charge in [0, 0.05) is 31.5 Å². The number of fused-ring (bicyclic) bond motifs is 1. The summed E-state index contributed by atoms with van der Waals surface area (Å²) >= 11 is 0. The third-order valence-corrected chi connectivity index (χ3v) is 7.88. The Hall–Kier alpha value is -4.73. The Morgan fingerprint density at radius 3 is 2.06 bits per heavy atom. The van der Waals surface area contributed by atoms with Gasteiger partial charge in [0.1, 0.15) is 71.8 Å². The first-order valence-corrected chi connectivity index (χ1v) is 14.9. The normalized spacial score (nSPS) is 29.7. The average Bonchev–Trinajstić information content (AvgIpc) is 3.04. The number of carbonyl (C=O) groups excluding carboxylic acids is 2. The molecule has 272 valence electrons. The number of esters is 2. The van der Waals surface area contributed by atoms with Crippen LogP contribution in [0.1, 0.15) is 13.8 Å². The number of benzene rings is 2. The molecule has 9 N–H and O–H groups in total. The summed E-state index contributed by atoms with van der Waals surface area (Å²) in [4.78, 5) is 36.8. The summed E-state index contributed by atoms with van der Waals surface area (Å²) in [6, 6.07) is 5.11. The number of aliphatic hydroxyl groups excluding tert-OH is 5. The molecule has 19 nitrogen and oxygen atoms in total. The van der Waals surface area contributed by atoms with E-state index in [1.807, 2.05) is 0 Å². The van der Waals surface area contributed by atoms with Gasteiger partial charge in [0.25, 0.3) is 0 Å². The van der Waals surface area contributed by atoms with Crippen molar-refractivity contribution < 1.29 is 88.4 Å². The zero-order valence-corrected chi connectivity index (χ0v) is 26.2. The van der Waals surface area contributed by atoms with E-state index in [9.17, 15) is 60.3 Å². The number of phenols is 4. The molecular formula is C31H34O19. The van der Waals surface area contributed by atoms with Crippen LogP contribution in [0.2, 0.25) is 0 Å². The third kappa shape index (κ3) is 7.39. The van der Waals surface area contributed by atoms with E-state index in [2.05, 4.69) is 0 Å². The monoisotopic (exact) mass is 710 g/mol. The Labute approximate surface area is 280 Å². The number of phenolic OH excluding ortho intramolecular Hbond substituents is 4. The lowest BCUT2D eigenvalue weighted by Crippen LogP contribution is -2.63. The zero-order chi connectivity index (χ0) is 36.6. The van der Waals surface area contributed by atoms with E-state index in [0.717, 1.165) is 38.1 Å². The summed E-state index contributed by atoms with van der Waals surface area (Å²) in [6.45, 7) is 0.832. The van der Waals surface area contributed by atoms with Crippen molar-refractivity contribution in [2.45, 2.75) is 75.3 Å². The van der Waals surface area contributed by atoms with Gasteiger partial charge in [0.15, 0.2) is 29.7 Å². The molecule has 10 unspecified atom stereocenters. The van der Waals surface area contributed by atoms with Gasteiger partial charge in [-0.05, 0) is 18.2 Å². The van der Waals surface area contributed by atoms with Crippen LogP contribution in [0.15, 0.2) is 39.5 Å². The number of aromatic hydroxyl groups is 4. The van der Waals surface area contributed by atoms with Gasteiger partial charge in [0.05, 0.1) is 6.61 Å². The fourth-order valence-corrected chi connectivity index (χ4v) is 5.38. The Morgan fingerprint density at radius 1 is 0.740 bits per heavy atom. The highest BCUT2D eigenvalue weighted by Gasteiger charge is 2.50. The van der Waals surface area contributed by atoms with E-state index < -0.39 is 132 Å². The molecule has 10 atom stereocenters. The molecule has 3 heterocycles. The van der Waals surface area contributed by atoms with Crippen LogP contribution in [0, 0.1) is 0 Å². The molecule has 0 aliphatic carbocycles. The molecule has 3 aromatic rings. The lowest BCUT2D eigenvalue weighted by atomic mass is 9.98. The Morgan fingerprint density at radius 2 is 1.40 bits per heavy atom. The van der Waals surface area contributed by atoms with Crippen LogP contribution in [0.3, 0.4) is 0 Å². The Bertz CT molecular complexity index is 1790. The first-order chi connectivity index (χ1) is 23.6. The molecule has 50 heavy (non-hydrogen) atoms. The van der Waals surface area contributed by atoms with E-state index in [4.69, 9.17) is 32.8 Å². The van der Waals surface area contributed by atoms with Gasteiger partial charge in [-0.2, -0.15) is 0 Å². The van der Waals surface area contributed by atoms with E-state index >= 15 is 0 Å². The topological polar surface area (TPSA) is 302 Å². The second-order valence-corrected chi connectivity index (χ2v) is 11.5. The van der Waals surface area contributed by atoms with Crippen molar-refractivity contribution in [1.82, 2.24) is 0 Å². The zero-order valence-electron chi connectivity index (χ0n) is 26.2. The van der Waals surface area contributed by atoms with Crippen molar-refractivity contribution in [3.05, 3.63) is 40.6 Å². The largest absolute Gasteiger partial charge is 0.508 e. The lowest BCUT2D eigenvalue weighted by Gasteiger charge is -2.43.